The van der Waals surface area contributed by atoms with Crippen molar-refractivity contribution in [2.75, 3.05) is 11.6 Å². The number of alkyl halides is 1. The maximum absolute atomic E-state index is 5.73. The lowest BCUT2D eigenvalue weighted by atomic mass is 9.92. The van der Waals surface area contributed by atoms with Crippen molar-refractivity contribution in [2.45, 2.75) is 5.92 Å². The Labute approximate surface area is 119 Å². The highest BCUT2D eigenvalue weighted by atomic mass is 79.9. The van der Waals surface area contributed by atoms with Gasteiger partial charge in [0.15, 0.2) is 0 Å². The van der Waals surface area contributed by atoms with Gasteiger partial charge in [0, 0.05) is 17.5 Å². The zero-order valence-corrected chi connectivity index (χ0v) is 12.6. The van der Waals surface area contributed by atoms with Crippen molar-refractivity contribution in [3.63, 3.8) is 0 Å². The van der Waals surface area contributed by atoms with Crippen LogP contribution in [0.3, 0.4) is 0 Å². The second-order valence-corrected chi connectivity index (χ2v) is 6.49. The summed E-state index contributed by atoms with van der Waals surface area (Å²) in [6.07, 6.45) is 0. The predicted octanol–water partition coefficient (Wildman–Crippen LogP) is 3.81. The van der Waals surface area contributed by atoms with Gasteiger partial charge in [-0.1, -0.05) is 76.6 Å². The molecule has 92 valence electrons. The molecule has 0 unspecified atom stereocenters. The Morgan fingerprint density at radius 1 is 0.889 bits per heavy atom. The van der Waals surface area contributed by atoms with Gasteiger partial charge in [0.2, 0.25) is 9.76 Å². The third-order valence-electron chi connectivity index (χ3n) is 2.81. The van der Waals surface area contributed by atoms with E-state index >= 15 is 0 Å². The minimum atomic E-state index is 0.318. The van der Waals surface area contributed by atoms with Crippen molar-refractivity contribution in [3.8, 4) is 0 Å². The standard InChI is InChI=1S/C15H15BrOSi/c16-12-18-17-11-15(13-7-3-1-4-8-13)14-9-5-2-6-10-14/h1-10,15H,11-12H2. The normalized spacial score (nSPS) is 10.8. The Hall–Kier alpha value is -0.903. The van der Waals surface area contributed by atoms with Gasteiger partial charge >= 0.3 is 0 Å². The Kier molecular flexibility index (Phi) is 5.65. The van der Waals surface area contributed by atoms with Gasteiger partial charge in [-0.15, -0.1) is 0 Å². The maximum atomic E-state index is 5.73. The molecule has 2 radical (unpaired) electrons. The van der Waals surface area contributed by atoms with Gasteiger partial charge in [0.25, 0.3) is 0 Å². The van der Waals surface area contributed by atoms with Crippen molar-refractivity contribution < 1.29 is 4.43 Å². The van der Waals surface area contributed by atoms with E-state index < -0.39 is 0 Å². The van der Waals surface area contributed by atoms with Crippen molar-refractivity contribution in [3.05, 3.63) is 71.8 Å². The molecule has 18 heavy (non-hydrogen) atoms. The molecule has 3 heteroatoms. The number of hydrogen-bond donors (Lipinski definition) is 0. The smallest absolute Gasteiger partial charge is 0.241 e. The lowest BCUT2D eigenvalue weighted by Gasteiger charge is -2.18. The second kappa shape index (κ2) is 7.51. The minimum absolute atomic E-state index is 0.318. The Morgan fingerprint density at radius 3 is 1.83 bits per heavy atom. The quantitative estimate of drug-likeness (QED) is 0.447. The van der Waals surface area contributed by atoms with Gasteiger partial charge in [0.05, 0.1) is 0 Å². The van der Waals surface area contributed by atoms with E-state index in [2.05, 4.69) is 64.5 Å². The van der Waals surface area contributed by atoms with Crippen LogP contribution in [0.4, 0.5) is 0 Å². The molecule has 0 saturated carbocycles. The lowest BCUT2D eigenvalue weighted by Crippen LogP contribution is -2.12. The van der Waals surface area contributed by atoms with E-state index in [4.69, 9.17) is 4.43 Å². The second-order valence-electron chi connectivity index (χ2n) is 3.96. The molecule has 0 aliphatic heterocycles. The van der Waals surface area contributed by atoms with E-state index in [9.17, 15) is 0 Å². The first-order chi connectivity index (χ1) is 8.92. The first-order valence-corrected chi connectivity index (χ1v) is 8.16. The molecule has 0 aliphatic carbocycles. The van der Waals surface area contributed by atoms with E-state index in [1.54, 1.807) is 0 Å². The van der Waals surface area contributed by atoms with Crippen LogP contribution in [0.15, 0.2) is 60.7 Å². The molecule has 2 aromatic carbocycles. The van der Waals surface area contributed by atoms with Crippen LogP contribution < -0.4 is 0 Å². The first-order valence-electron chi connectivity index (χ1n) is 5.92. The summed E-state index contributed by atoms with van der Waals surface area (Å²) in [7, 11) is 0.514. The zero-order chi connectivity index (χ0) is 12.6. The monoisotopic (exact) mass is 318 g/mol. The fourth-order valence-electron chi connectivity index (χ4n) is 1.94. The first kappa shape index (κ1) is 13.5. The van der Waals surface area contributed by atoms with Crippen LogP contribution in [0.1, 0.15) is 17.0 Å². The third-order valence-corrected chi connectivity index (χ3v) is 3.98. The van der Waals surface area contributed by atoms with E-state index in [1.165, 1.54) is 11.1 Å². The van der Waals surface area contributed by atoms with E-state index in [1.807, 2.05) is 12.1 Å². The zero-order valence-electron chi connectivity index (χ0n) is 10.1. The van der Waals surface area contributed by atoms with Crippen LogP contribution in [0, 0.1) is 0 Å². The van der Waals surface area contributed by atoms with Gasteiger partial charge in [-0.25, -0.2) is 0 Å². The van der Waals surface area contributed by atoms with Gasteiger partial charge in [0.1, 0.15) is 0 Å². The Bertz CT molecular complexity index is 407. The van der Waals surface area contributed by atoms with E-state index in [-0.39, 0.29) is 0 Å². The minimum Gasteiger partial charge on any atom is -0.416 e. The summed E-state index contributed by atoms with van der Waals surface area (Å²) in [6, 6.07) is 21.1. The van der Waals surface area contributed by atoms with Crippen LogP contribution in [-0.2, 0) is 4.43 Å². The van der Waals surface area contributed by atoms with Gasteiger partial charge < -0.3 is 4.43 Å². The molecule has 0 amide bonds. The molecule has 0 heterocycles. The fraction of sp³-hybridized carbons (Fsp3) is 0.200. The largest absolute Gasteiger partial charge is 0.416 e. The Balaban J connectivity index is 2.18. The van der Waals surface area contributed by atoms with Crippen LogP contribution >= 0.6 is 15.9 Å². The molecule has 0 saturated heterocycles. The highest BCUT2D eigenvalue weighted by Crippen LogP contribution is 2.24. The molecule has 0 spiro atoms. The summed E-state index contributed by atoms with van der Waals surface area (Å²) >= 11 is 3.40. The average Bonchev–Trinajstić information content (AvgIpc) is 2.46. The average molecular weight is 319 g/mol. The van der Waals surface area contributed by atoms with Crippen molar-refractivity contribution >= 4 is 25.7 Å². The lowest BCUT2D eigenvalue weighted by molar-refractivity contribution is 0.322. The molecule has 0 bridgehead atoms. The van der Waals surface area contributed by atoms with E-state index in [0.717, 1.165) is 11.6 Å². The van der Waals surface area contributed by atoms with Crippen molar-refractivity contribution in [1.29, 1.82) is 0 Å². The maximum Gasteiger partial charge on any atom is 0.241 e. The molecule has 0 N–H and O–H groups in total. The molecule has 2 rings (SSSR count). The van der Waals surface area contributed by atoms with Crippen molar-refractivity contribution in [1.82, 2.24) is 0 Å². The third kappa shape index (κ3) is 3.80. The SMILES string of the molecule is BrC[Si]OCC(c1ccccc1)c1ccccc1. The number of benzene rings is 2. The van der Waals surface area contributed by atoms with Gasteiger partial charge in [-0.05, 0) is 11.1 Å². The summed E-state index contributed by atoms with van der Waals surface area (Å²) in [5, 5.41) is 0. The summed E-state index contributed by atoms with van der Waals surface area (Å²) < 4.78 is 5.73. The van der Waals surface area contributed by atoms with Crippen molar-refractivity contribution in [2.24, 2.45) is 0 Å². The molecule has 2 aromatic rings. The summed E-state index contributed by atoms with van der Waals surface area (Å²) in [5.74, 6) is 0.318. The number of hydrogen-bond acceptors (Lipinski definition) is 1. The number of rotatable bonds is 6. The summed E-state index contributed by atoms with van der Waals surface area (Å²) in [6.45, 7) is 0.734. The molecule has 0 atom stereocenters. The van der Waals surface area contributed by atoms with Crippen LogP contribution in [-0.4, -0.2) is 21.3 Å². The predicted molar refractivity (Wildman–Crippen MR) is 80.2 cm³/mol. The van der Waals surface area contributed by atoms with Gasteiger partial charge in [-0.3, -0.25) is 0 Å². The summed E-state index contributed by atoms with van der Waals surface area (Å²) in [4.78, 5) is 0.906. The van der Waals surface area contributed by atoms with E-state index in [0.29, 0.717) is 15.7 Å². The Morgan fingerprint density at radius 2 is 1.39 bits per heavy atom. The highest BCUT2D eigenvalue weighted by molar-refractivity contribution is 9.09. The van der Waals surface area contributed by atoms with Gasteiger partial charge in [-0.2, -0.15) is 0 Å². The fourth-order valence-corrected chi connectivity index (χ4v) is 2.78. The molecular formula is C15H15BrOSi. The topological polar surface area (TPSA) is 9.23 Å². The highest BCUT2D eigenvalue weighted by Gasteiger charge is 2.13. The molecule has 0 aliphatic rings. The number of halogens is 1. The summed E-state index contributed by atoms with van der Waals surface area (Å²) in [5.41, 5.74) is 2.62. The molecule has 1 nitrogen and oxygen atoms in total. The molecule has 0 fully saturated rings. The van der Waals surface area contributed by atoms with Crippen LogP contribution in [0.2, 0.25) is 0 Å². The molecule has 0 aromatic heterocycles. The van der Waals surface area contributed by atoms with Crippen LogP contribution in [0.5, 0.6) is 0 Å². The molecular weight excluding hydrogens is 304 g/mol. The van der Waals surface area contributed by atoms with Crippen LogP contribution in [0.25, 0.3) is 0 Å².